The summed E-state index contributed by atoms with van der Waals surface area (Å²) in [6.45, 7) is 9.42. The third-order valence-electron chi connectivity index (χ3n) is 2.92. The topological polar surface area (TPSA) is 46.6 Å². The first kappa shape index (κ1) is 12.5. The zero-order chi connectivity index (χ0) is 11.6. The van der Waals surface area contributed by atoms with Gasteiger partial charge in [0.2, 0.25) is 0 Å². The Kier molecular flexibility index (Phi) is 3.78. The maximum Gasteiger partial charge on any atom is 0.310 e. The second-order valence-electron chi connectivity index (χ2n) is 3.78. The van der Waals surface area contributed by atoms with E-state index in [0.717, 1.165) is 18.7 Å². The number of nitrogens with zero attached hydrogens (tertiary/aromatic N) is 1. The molecule has 0 amide bonds. The molecule has 1 aliphatic rings. The molecule has 1 heterocycles. The van der Waals surface area contributed by atoms with Crippen LogP contribution in [0.4, 0.5) is 0 Å². The van der Waals surface area contributed by atoms with Crippen molar-refractivity contribution in [3.05, 3.63) is 11.3 Å². The molecule has 0 saturated carbocycles. The number of hydrogen-bond donors (Lipinski definition) is 0. The second-order valence-corrected chi connectivity index (χ2v) is 5.40. The molecule has 0 spiro atoms. The van der Waals surface area contributed by atoms with E-state index >= 15 is 0 Å². The van der Waals surface area contributed by atoms with Crippen LogP contribution in [0.1, 0.15) is 27.7 Å². The maximum absolute atomic E-state index is 11.5. The Morgan fingerprint density at radius 1 is 1.33 bits per heavy atom. The normalized spacial score (nSPS) is 25.5. The van der Waals surface area contributed by atoms with Gasteiger partial charge in [-0.05, 0) is 32.5 Å². The summed E-state index contributed by atoms with van der Waals surface area (Å²) in [7, 11) is -3.38. The molecule has 0 saturated heterocycles. The zero-order valence-corrected chi connectivity index (χ0v) is 10.6. The van der Waals surface area contributed by atoms with Crippen LogP contribution in [0.15, 0.2) is 11.3 Å². The molecule has 1 unspecified atom stereocenters. The largest absolute Gasteiger partial charge is 0.387 e. The summed E-state index contributed by atoms with van der Waals surface area (Å²) in [6.07, 6.45) is 0. The van der Waals surface area contributed by atoms with Crippen LogP contribution in [0.2, 0.25) is 0 Å². The third kappa shape index (κ3) is 2.72. The number of rotatable bonds is 3. The fourth-order valence-corrected chi connectivity index (χ4v) is 3.31. The van der Waals surface area contributed by atoms with E-state index in [-0.39, 0.29) is 11.8 Å². The quantitative estimate of drug-likeness (QED) is 0.690. The molecule has 0 aromatic heterocycles. The molecule has 15 heavy (non-hydrogen) atoms. The van der Waals surface area contributed by atoms with Crippen LogP contribution in [0, 0.1) is 0 Å². The van der Waals surface area contributed by atoms with Gasteiger partial charge in [-0.2, -0.15) is 8.42 Å². The average Bonchev–Trinajstić information content (AvgIpc) is 2.14. The van der Waals surface area contributed by atoms with E-state index in [1.54, 1.807) is 6.92 Å². The van der Waals surface area contributed by atoms with Crippen molar-refractivity contribution in [3.8, 4) is 0 Å². The first-order valence-electron chi connectivity index (χ1n) is 5.24. The van der Waals surface area contributed by atoms with E-state index in [1.807, 2.05) is 20.8 Å². The van der Waals surface area contributed by atoms with Gasteiger partial charge in [-0.1, -0.05) is 13.8 Å². The summed E-state index contributed by atoms with van der Waals surface area (Å²) in [5, 5.41) is 0. The zero-order valence-electron chi connectivity index (χ0n) is 9.78. The summed E-state index contributed by atoms with van der Waals surface area (Å²) >= 11 is 0. The van der Waals surface area contributed by atoms with Crippen molar-refractivity contribution in [1.29, 1.82) is 0 Å². The molecule has 88 valence electrons. The lowest BCUT2D eigenvalue weighted by Crippen LogP contribution is -2.43. The van der Waals surface area contributed by atoms with E-state index in [1.165, 1.54) is 0 Å². The molecule has 0 aromatic carbocycles. The first-order valence-corrected chi connectivity index (χ1v) is 6.82. The predicted molar refractivity (Wildman–Crippen MR) is 60.0 cm³/mol. The van der Waals surface area contributed by atoms with Gasteiger partial charge >= 0.3 is 10.1 Å². The molecule has 1 rings (SSSR count). The van der Waals surface area contributed by atoms with Gasteiger partial charge in [0.25, 0.3) is 0 Å². The van der Waals surface area contributed by atoms with Gasteiger partial charge in [0.1, 0.15) is 11.5 Å². The Morgan fingerprint density at radius 3 is 2.33 bits per heavy atom. The van der Waals surface area contributed by atoms with Crippen molar-refractivity contribution >= 4 is 10.1 Å². The van der Waals surface area contributed by atoms with Crippen molar-refractivity contribution in [2.24, 2.45) is 0 Å². The van der Waals surface area contributed by atoms with E-state index < -0.39 is 10.1 Å². The van der Waals surface area contributed by atoms with Crippen LogP contribution in [-0.2, 0) is 14.3 Å². The van der Waals surface area contributed by atoms with Crippen molar-refractivity contribution in [3.63, 3.8) is 0 Å². The highest BCUT2D eigenvalue weighted by Crippen LogP contribution is 2.24. The Morgan fingerprint density at radius 2 is 1.87 bits per heavy atom. The molecule has 0 bridgehead atoms. The van der Waals surface area contributed by atoms with Crippen molar-refractivity contribution in [2.75, 3.05) is 18.8 Å². The van der Waals surface area contributed by atoms with Gasteiger partial charge < -0.3 is 4.18 Å². The van der Waals surface area contributed by atoms with Crippen LogP contribution >= 0.6 is 0 Å². The highest BCUT2D eigenvalue weighted by Gasteiger charge is 2.32. The van der Waals surface area contributed by atoms with Gasteiger partial charge in [0, 0.05) is 0 Å². The average molecular weight is 233 g/mol. The smallest absolute Gasteiger partial charge is 0.310 e. The van der Waals surface area contributed by atoms with Crippen molar-refractivity contribution in [1.82, 2.24) is 4.90 Å². The Bertz CT molecular complexity index is 355. The fourth-order valence-electron chi connectivity index (χ4n) is 1.89. The molecule has 0 aromatic rings. The molecule has 1 atom stereocenters. The van der Waals surface area contributed by atoms with Gasteiger partial charge in [-0.3, -0.25) is 4.90 Å². The minimum Gasteiger partial charge on any atom is -0.387 e. The standard InChI is InChI=1S/C10H19NO3S/c1-5-11(6-2)10-7-15(12,13)14-9(4)8(10)3/h10H,5-7H2,1-4H3. The number of hydrogen-bond acceptors (Lipinski definition) is 4. The summed E-state index contributed by atoms with van der Waals surface area (Å²) in [5.74, 6) is 0.593. The SMILES string of the molecule is CCN(CC)C1CS(=O)(=O)OC(C)=C1C. The fraction of sp³-hybridized carbons (Fsp3) is 0.800. The van der Waals surface area contributed by atoms with Crippen LogP contribution in [0.3, 0.4) is 0 Å². The molecule has 5 heteroatoms. The number of allylic oxidation sites excluding steroid dienone is 1. The minimum absolute atomic E-state index is 0.0289. The molecule has 0 aliphatic carbocycles. The molecular weight excluding hydrogens is 214 g/mol. The third-order valence-corrected chi connectivity index (χ3v) is 4.15. The van der Waals surface area contributed by atoms with Gasteiger partial charge in [-0.15, -0.1) is 0 Å². The van der Waals surface area contributed by atoms with Crippen LogP contribution in [0.5, 0.6) is 0 Å². The summed E-state index contributed by atoms with van der Waals surface area (Å²) in [4.78, 5) is 2.14. The Hall–Kier alpha value is -0.550. The first-order chi connectivity index (χ1) is 6.91. The minimum atomic E-state index is -3.38. The lowest BCUT2D eigenvalue weighted by Gasteiger charge is -2.33. The van der Waals surface area contributed by atoms with Crippen molar-refractivity contribution in [2.45, 2.75) is 33.7 Å². The van der Waals surface area contributed by atoms with E-state index in [4.69, 9.17) is 4.18 Å². The maximum atomic E-state index is 11.5. The van der Waals surface area contributed by atoms with Crippen molar-refractivity contribution < 1.29 is 12.6 Å². The highest BCUT2D eigenvalue weighted by molar-refractivity contribution is 7.86. The Balaban J connectivity index is 3.02. The van der Waals surface area contributed by atoms with E-state index in [0.29, 0.717) is 5.76 Å². The number of likely N-dealkylation sites (N-methyl/N-ethyl adjacent to an activating group) is 1. The van der Waals surface area contributed by atoms with Gasteiger partial charge in [-0.25, -0.2) is 0 Å². The molecule has 4 nitrogen and oxygen atoms in total. The molecule has 0 N–H and O–H groups in total. The molecule has 0 fully saturated rings. The summed E-state index contributed by atoms with van der Waals surface area (Å²) in [6, 6.07) is -0.0289. The van der Waals surface area contributed by atoms with Crippen LogP contribution in [0.25, 0.3) is 0 Å². The molecular formula is C10H19NO3S. The predicted octanol–water partition coefficient (Wildman–Crippen LogP) is 1.35. The lowest BCUT2D eigenvalue weighted by molar-refractivity contribution is 0.239. The van der Waals surface area contributed by atoms with Gasteiger partial charge in [0.15, 0.2) is 0 Å². The molecule has 1 aliphatic heterocycles. The monoisotopic (exact) mass is 233 g/mol. The second kappa shape index (κ2) is 4.53. The van der Waals surface area contributed by atoms with E-state index in [2.05, 4.69) is 4.90 Å². The van der Waals surface area contributed by atoms with E-state index in [9.17, 15) is 8.42 Å². The summed E-state index contributed by atoms with van der Waals surface area (Å²) < 4.78 is 27.8. The van der Waals surface area contributed by atoms with Crippen LogP contribution in [-0.4, -0.2) is 38.2 Å². The van der Waals surface area contributed by atoms with Crippen LogP contribution < -0.4 is 0 Å². The molecule has 0 radical (unpaired) electrons. The highest BCUT2D eigenvalue weighted by atomic mass is 32.2. The lowest BCUT2D eigenvalue weighted by atomic mass is 10.1. The summed E-state index contributed by atoms with van der Waals surface area (Å²) in [5.41, 5.74) is 1.02. The van der Waals surface area contributed by atoms with Gasteiger partial charge in [0.05, 0.1) is 6.04 Å². The Labute approximate surface area is 92.0 Å².